The fourth-order valence-electron chi connectivity index (χ4n) is 2.27. The zero-order valence-corrected chi connectivity index (χ0v) is 11.9. The summed E-state index contributed by atoms with van der Waals surface area (Å²) in [6.45, 7) is -0.526. The maximum Gasteiger partial charge on any atom is 0.339 e. The average molecular weight is 313 g/mol. The summed E-state index contributed by atoms with van der Waals surface area (Å²) in [4.78, 5) is 11.7. The van der Waals surface area contributed by atoms with Gasteiger partial charge in [0.2, 0.25) is 0 Å². The zero-order valence-electron chi connectivity index (χ0n) is 11.9. The predicted molar refractivity (Wildman–Crippen MR) is 75.2 cm³/mol. The Hall–Kier alpha value is -1.71. The standard InChI is InChI=1S/C14H19NO7/c1-21-14(20)7-4-2-3-5-8(7)15-13-12(19)11(18)10(17)9(6-16)22-13/h2-5,9-13,15-19H,6H2,1H3/t9-,10-,11+,12-,13-/m1/s1. The quantitative estimate of drug-likeness (QED) is 0.433. The molecule has 1 fully saturated rings. The molecule has 122 valence electrons. The third kappa shape index (κ3) is 3.21. The molecule has 0 unspecified atom stereocenters. The van der Waals surface area contributed by atoms with E-state index in [1.807, 2.05) is 0 Å². The Morgan fingerprint density at radius 2 is 1.91 bits per heavy atom. The van der Waals surface area contributed by atoms with Crippen LogP contribution in [0.15, 0.2) is 24.3 Å². The molecular weight excluding hydrogens is 294 g/mol. The number of para-hydroxylation sites is 1. The van der Waals surface area contributed by atoms with E-state index in [9.17, 15) is 20.1 Å². The van der Waals surface area contributed by atoms with Crippen molar-refractivity contribution >= 4 is 11.7 Å². The Morgan fingerprint density at radius 1 is 1.23 bits per heavy atom. The van der Waals surface area contributed by atoms with Gasteiger partial charge in [-0.05, 0) is 12.1 Å². The first-order valence-corrected chi connectivity index (χ1v) is 6.74. The van der Waals surface area contributed by atoms with Crippen LogP contribution < -0.4 is 5.32 Å². The maximum absolute atomic E-state index is 11.7. The van der Waals surface area contributed by atoms with E-state index in [4.69, 9.17) is 9.84 Å². The highest BCUT2D eigenvalue weighted by Gasteiger charge is 2.43. The van der Waals surface area contributed by atoms with Crippen LogP contribution in [0.2, 0.25) is 0 Å². The van der Waals surface area contributed by atoms with E-state index in [2.05, 4.69) is 10.1 Å². The number of aliphatic hydroxyl groups is 4. The molecule has 2 rings (SSSR count). The molecule has 1 aromatic rings. The van der Waals surface area contributed by atoms with E-state index in [1.165, 1.54) is 13.2 Å². The molecule has 0 spiro atoms. The first kappa shape index (κ1) is 16.7. The molecule has 0 radical (unpaired) electrons. The van der Waals surface area contributed by atoms with Crippen LogP contribution in [-0.2, 0) is 9.47 Å². The molecule has 0 aromatic heterocycles. The number of ether oxygens (including phenoxy) is 2. The lowest BCUT2D eigenvalue weighted by Gasteiger charge is -2.40. The zero-order chi connectivity index (χ0) is 16.3. The number of hydrogen-bond donors (Lipinski definition) is 5. The van der Waals surface area contributed by atoms with Gasteiger partial charge in [-0.1, -0.05) is 12.1 Å². The van der Waals surface area contributed by atoms with Crippen LogP contribution in [0.5, 0.6) is 0 Å². The Morgan fingerprint density at radius 3 is 2.55 bits per heavy atom. The van der Waals surface area contributed by atoms with E-state index >= 15 is 0 Å². The van der Waals surface area contributed by atoms with Crippen molar-refractivity contribution in [1.29, 1.82) is 0 Å². The van der Waals surface area contributed by atoms with Crippen molar-refractivity contribution in [1.82, 2.24) is 0 Å². The number of rotatable bonds is 4. The monoisotopic (exact) mass is 313 g/mol. The summed E-state index contributed by atoms with van der Waals surface area (Å²) in [5.74, 6) is -0.576. The maximum atomic E-state index is 11.7. The molecule has 0 amide bonds. The van der Waals surface area contributed by atoms with E-state index in [0.29, 0.717) is 5.69 Å². The van der Waals surface area contributed by atoms with Gasteiger partial charge in [-0.25, -0.2) is 4.79 Å². The minimum absolute atomic E-state index is 0.224. The summed E-state index contributed by atoms with van der Waals surface area (Å²) in [5.41, 5.74) is 0.556. The van der Waals surface area contributed by atoms with Crippen molar-refractivity contribution in [3.8, 4) is 0 Å². The number of anilines is 1. The van der Waals surface area contributed by atoms with Crippen LogP contribution >= 0.6 is 0 Å². The van der Waals surface area contributed by atoms with Crippen molar-refractivity contribution in [2.45, 2.75) is 30.6 Å². The van der Waals surface area contributed by atoms with Crippen LogP contribution in [0.1, 0.15) is 10.4 Å². The van der Waals surface area contributed by atoms with Gasteiger partial charge in [-0.3, -0.25) is 0 Å². The third-order valence-electron chi connectivity index (χ3n) is 3.52. The van der Waals surface area contributed by atoms with Gasteiger partial charge in [0.05, 0.1) is 25.0 Å². The predicted octanol–water partition coefficient (Wildman–Crippen LogP) is -1.32. The summed E-state index contributed by atoms with van der Waals surface area (Å²) < 4.78 is 9.99. The van der Waals surface area contributed by atoms with Crippen molar-refractivity contribution in [3.05, 3.63) is 29.8 Å². The van der Waals surface area contributed by atoms with E-state index in [-0.39, 0.29) is 5.56 Å². The highest BCUT2D eigenvalue weighted by molar-refractivity contribution is 5.95. The first-order valence-electron chi connectivity index (χ1n) is 6.74. The third-order valence-corrected chi connectivity index (χ3v) is 3.52. The van der Waals surface area contributed by atoms with Crippen molar-refractivity contribution in [2.24, 2.45) is 0 Å². The fraction of sp³-hybridized carbons (Fsp3) is 0.500. The number of nitrogens with one attached hydrogen (secondary N) is 1. The molecule has 5 atom stereocenters. The fourth-order valence-corrected chi connectivity index (χ4v) is 2.27. The normalized spacial score (nSPS) is 31.6. The molecule has 1 aliphatic heterocycles. The average Bonchev–Trinajstić information content (AvgIpc) is 2.55. The molecule has 1 saturated heterocycles. The van der Waals surface area contributed by atoms with Gasteiger partial charge in [0.1, 0.15) is 24.4 Å². The highest BCUT2D eigenvalue weighted by Crippen LogP contribution is 2.24. The smallest absolute Gasteiger partial charge is 0.339 e. The van der Waals surface area contributed by atoms with Gasteiger partial charge in [-0.15, -0.1) is 0 Å². The van der Waals surface area contributed by atoms with E-state index in [0.717, 1.165) is 0 Å². The lowest BCUT2D eigenvalue weighted by Crippen LogP contribution is -2.60. The second kappa shape index (κ2) is 7.03. The molecule has 0 saturated carbocycles. The van der Waals surface area contributed by atoms with Gasteiger partial charge >= 0.3 is 5.97 Å². The highest BCUT2D eigenvalue weighted by atomic mass is 16.6. The second-order valence-electron chi connectivity index (χ2n) is 4.93. The Labute approximate surface area is 126 Å². The van der Waals surface area contributed by atoms with Gasteiger partial charge in [-0.2, -0.15) is 0 Å². The molecule has 0 bridgehead atoms. The molecule has 8 nitrogen and oxygen atoms in total. The van der Waals surface area contributed by atoms with Gasteiger partial charge in [0.25, 0.3) is 0 Å². The minimum atomic E-state index is -1.49. The van der Waals surface area contributed by atoms with Gasteiger partial charge in [0.15, 0.2) is 6.23 Å². The minimum Gasteiger partial charge on any atom is -0.465 e. The Kier molecular flexibility index (Phi) is 5.33. The van der Waals surface area contributed by atoms with E-state index in [1.54, 1.807) is 18.2 Å². The number of methoxy groups -OCH3 is 1. The number of benzene rings is 1. The Balaban J connectivity index is 2.21. The molecule has 1 aliphatic rings. The van der Waals surface area contributed by atoms with Crippen LogP contribution in [0, 0.1) is 0 Å². The number of carbonyl (C=O) groups excluding carboxylic acids is 1. The first-order chi connectivity index (χ1) is 10.5. The summed E-state index contributed by atoms with van der Waals surface area (Å²) in [6, 6.07) is 6.41. The van der Waals surface area contributed by atoms with Crippen LogP contribution in [0.4, 0.5) is 5.69 Å². The van der Waals surface area contributed by atoms with Crippen LogP contribution in [-0.4, -0.2) is 70.8 Å². The van der Waals surface area contributed by atoms with Crippen molar-refractivity contribution in [2.75, 3.05) is 19.0 Å². The molecule has 5 N–H and O–H groups in total. The second-order valence-corrected chi connectivity index (χ2v) is 4.93. The molecule has 1 aromatic carbocycles. The van der Waals surface area contributed by atoms with Crippen LogP contribution in [0.3, 0.4) is 0 Å². The van der Waals surface area contributed by atoms with Gasteiger partial charge in [0, 0.05) is 0 Å². The van der Waals surface area contributed by atoms with E-state index < -0.39 is 43.2 Å². The number of esters is 1. The summed E-state index contributed by atoms with van der Waals surface area (Å²) >= 11 is 0. The molecule has 8 heteroatoms. The van der Waals surface area contributed by atoms with Crippen molar-refractivity contribution < 1.29 is 34.7 Å². The van der Waals surface area contributed by atoms with Crippen LogP contribution in [0.25, 0.3) is 0 Å². The lowest BCUT2D eigenvalue weighted by atomic mass is 9.98. The molecular formula is C14H19NO7. The summed E-state index contributed by atoms with van der Waals surface area (Å²) in [7, 11) is 1.24. The topological polar surface area (TPSA) is 128 Å². The van der Waals surface area contributed by atoms with Crippen molar-refractivity contribution in [3.63, 3.8) is 0 Å². The lowest BCUT2D eigenvalue weighted by molar-refractivity contribution is -0.221. The largest absolute Gasteiger partial charge is 0.465 e. The number of carbonyl (C=O) groups is 1. The summed E-state index contributed by atoms with van der Waals surface area (Å²) in [6.07, 6.45) is -6.51. The van der Waals surface area contributed by atoms with Gasteiger partial charge < -0.3 is 35.2 Å². The number of aliphatic hydroxyl groups excluding tert-OH is 4. The number of hydrogen-bond acceptors (Lipinski definition) is 8. The summed E-state index contributed by atoms with van der Waals surface area (Å²) in [5, 5.41) is 41.4. The Bertz CT molecular complexity index is 522. The SMILES string of the molecule is COC(=O)c1ccccc1N[C@@H]1O[C@H](CO)[C@@H](O)[C@H](O)[C@H]1O. The molecule has 0 aliphatic carbocycles. The molecule has 1 heterocycles. The molecule has 22 heavy (non-hydrogen) atoms.